The van der Waals surface area contributed by atoms with Crippen molar-refractivity contribution in [3.63, 3.8) is 0 Å². The number of nitrogens with two attached hydrogens (primary N) is 1. The fourth-order valence-electron chi connectivity index (χ4n) is 1.32. The Morgan fingerprint density at radius 3 is 2.15 bits per heavy atom. The number of hydrogen-bond donors (Lipinski definition) is 5. The number of nitrogens with one attached hydrogen (secondary N) is 2. The number of thioether (sulfide) groups is 1. The summed E-state index contributed by atoms with van der Waals surface area (Å²) >= 11 is 1.43. The SMILES string of the molecule is CSCCC(NC(N)=O)C(=O)N[C@H](CC(=O)O)C(=O)O. The zero-order valence-electron chi connectivity index (χ0n) is 10.8. The van der Waals surface area contributed by atoms with Crippen molar-refractivity contribution in [1.29, 1.82) is 0 Å². The second-order valence-corrected chi connectivity index (χ2v) is 4.83. The molecule has 0 saturated heterocycles. The van der Waals surface area contributed by atoms with Gasteiger partial charge in [0.15, 0.2) is 0 Å². The van der Waals surface area contributed by atoms with Crippen molar-refractivity contribution >= 4 is 35.6 Å². The molecular weight excluding hydrogens is 290 g/mol. The molecule has 0 aliphatic rings. The van der Waals surface area contributed by atoms with Gasteiger partial charge in [-0.05, 0) is 18.4 Å². The van der Waals surface area contributed by atoms with Gasteiger partial charge in [-0.3, -0.25) is 9.59 Å². The van der Waals surface area contributed by atoms with Crippen LogP contribution in [0.5, 0.6) is 0 Å². The van der Waals surface area contributed by atoms with E-state index >= 15 is 0 Å². The topological polar surface area (TPSA) is 159 Å². The largest absolute Gasteiger partial charge is 0.481 e. The number of carboxylic acids is 2. The third kappa shape index (κ3) is 7.46. The summed E-state index contributed by atoms with van der Waals surface area (Å²) in [7, 11) is 0. The monoisotopic (exact) mass is 307 g/mol. The maximum absolute atomic E-state index is 11.8. The number of aliphatic carboxylic acids is 2. The highest BCUT2D eigenvalue weighted by atomic mass is 32.2. The fraction of sp³-hybridized carbons (Fsp3) is 0.600. The van der Waals surface area contributed by atoms with Gasteiger partial charge < -0.3 is 26.6 Å². The lowest BCUT2D eigenvalue weighted by molar-refractivity contribution is -0.147. The maximum Gasteiger partial charge on any atom is 0.326 e. The Kier molecular flexibility index (Phi) is 8.13. The minimum Gasteiger partial charge on any atom is -0.481 e. The van der Waals surface area contributed by atoms with Crippen LogP contribution in [-0.4, -0.2) is 58.2 Å². The molecule has 0 aliphatic carbocycles. The summed E-state index contributed by atoms with van der Waals surface area (Å²) in [5.74, 6) is -3.08. The molecule has 2 atom stereocenters. The number of carbonyl (C=O) groups is 4. The molecule has 114 valence electrons. The molecule has 0 radical (unpaired) electrons. The van der Waals surface area contributed by atoms with E-state index in [0.717, 1.165) is 0 Å². The number of carboxylic acid groups (broad SMARTS) is 2. The number of urea groups is 1. The first-order chi connectivity index (χ1) is 9.27. The van der Waals surface area contributed by atoms with Gasteiger partial charge in [0.05, 0.1) is 6.42 Å². The highest BCUT2D eigenvalue weighted by Crippen LogP contribution is 2.02. The molecule has 0 saturated carbocycles. The zero-order valence-corrected chi connectivity index (χ0v) is 11.6. The normalized spacial score (nSPS) is 13.1. The van der Waals surface area contributed by atoms with E-state index in [4.69, 9.17) is 15.9 Å². The van der Waals surface area contributed by atoms with Crippen LogP contribution in [0.15, 0.2) is 0 Å². The molecule has 10 heteroatoms. The Balaban J connectivity index is 4.72. The second kappa shape index (κ2) is 9.02. The Morgan fingerprint density at radius 1 is 1.15 bits per heavy atom. The highest BCUT2D eigenvalue weighted by molar-refractivity contribution is 7.98. The molecule has 0 spiro atoms. The number of primary amides is 1. The van der Waals surface area contributed by atoms with Crippen molar-refractivity contribution in [3.05, 3.63) is 0 Å². The molecule has 0 aliphatic heterocycles. The lowest BCUT2D eigenvalue weighted by Gasteiger charge is -2.19. The summed E-state index contributed by atoms with van der Waals surface area (Å²) in [6.07, 6.45) is 1.28. The van der Waals surface area contributed by atoms with Gasteiger partial charge in [0.1, 0.15) is 12.1 Å². The number of rotatable bonds is 9. The van der Waals surface area contributed by atoms with Gasteiger partial charge in [0, 0.05) is 0 Å². The van der Waals surface area contributed by atoms with Gasteiger partial charge in [-0.1, -0.05) is 0 Å². The number of hydrogen-bond acceptors (Lipinski definition) is 5. The summed E-state index contributed by atoms with van der Waals surface area (Å²) in [5, 5.41) is 21.6. The third-order valence-electron chi connectivity index (χ3n) is 2.24. The van der Waals surface area contributed by atoms with E-state index in [1.165, 1.54) is 11.8 Å². The van der Waals surface area contributed by atoms with Crippen LogP contribution in [0.1, 0.15) is 12.8 Å². The van der Waals surface area contributed by atoms with Gasteiger partial charge in [-0.2, -0.15) is 11.8 Å². The molecule has 0 aromatic carbocycles. The first kappa shape index (κ1) is 18.0. The van der Waals surface area contributed by atoms with Crippen LogP contribution in [-0.2, 0) is 14.4 Å². The number of amides is 3. The van der Waals surface area contributed by atoms with Gasteiger partial charge in [-0.25, -0.2) is 9.59 Å². The van der Waals surface area contributed by atoms with E-state index in [2.05, 4.69) is 10.6 Å². The van der Waals surface area contributed by atoms with E-state index in [1.807, 2.05) is 0 Å². The van der Waals surface area contributed by atoms with Crippen molar-refractivity contribution in [2.24, 2.45) is 5.73 Å². The summed E-state index contributed by atoms with van der Waals surface area (Å²) < 4.78 is 0. The maximum atomic E-state index is 11.8. The molecule has 9 nitrogen and oxygen atoms in total. The minimum absolute atomic E-state index is 0.245. The van der Waals surface area contributed by atoms with Crippen LogP contribution >= 0.6 is 11.8 Å². The van der Waals surface area contributed by atoms with Gasteiger partial charge in [0.2, 0.25) is 5.91 Å². The van der Waals surface area contributed by atoms with Crippen LogP contribution in [0.2, 0.25) is 0 Å². The summed E-state index contributed by atoms with van der Waals surface area (Å²) in [4.78, 5) is 44.0. The van der Waals surface area contributed by atoms with Crippen LogP contribution < -0.4 is 16.4 Å². The minimum atomic E-state index is -1.56. The summed E-state index contributed by atoms with van der Waals surface area (Å²) in [5.41, 5.74) is 4.93. The smallest absolute Gasteiger partial charge is 0.326 e. The first-order valence-corrected chi connectivity index (χ1v) is 6.97. The van der Waals surface area contributed by atoms with E-state index < -0.39 is 42.4 Å². The third-order valence-corrected chi connectivity index (χ3v) is 2.88. The Labute approximate surface area is 119 Å². The lowest BCUT2D eigenvalue weighted by atomic mass is 10.1. The van der Waals surface area contributed by atoms with Gasteiger partial charge in [0.25, 0.3) is 0 Å². The predicted octanol–water partition coefficient (Wildman–Crippen LogP) is -1.18. The van der Waals surface area contributed by atoms with Crippen molar-refractivity contribution < 1.29 is 29.4 Å². The molecule has 1 unspecified atom stereocenters. The number of carbonyl (C=O) groups excluding carboxylic acids is 2. The highest BCUT2D eigenvalue weighted by Gasteiger charge is 2.27. The quantitative estimate of drug-likeness (QED) is 0.358. The first-order valence-electron chi connectivity index (χ1n) is 5.57. The standard InChI is InChI=1S/C10H17N3O6S/c1-20-3-2-5(13-10(11)19)8(16)12-6(9(17)18)4-7(14)15/h5-6H,2-4H2,1H3,(H,12,16)(H,14,15)(H,17,18)(H3,11,13,19)/t5?,6-/m1/s1. The molecule has 0 aromatic rings. The van der Waals surface area contributed by atoms with Crippen LogP contribution in [0.4, 0.5) is 4.79 Å². The van der Waals surface area contributed by atoms with Crippen LogP contribution in [0.25, 0.3) is 0 Å². The zero-order chi connectivity index (χ0) is 15.7. The Hall–Kier alpha value is -1.97. The van der Waals surface area contributed by atoms with E-state index in [-0.39, 0.29) is 6.42 Å². The lowest BCUT2D eigenvalue weighted by Crippen LogP contribution is -2.53. The van der Waals surface area contributed by atoms with Gasteiger partial charge >= 0.3 is 18.0 Å². The summed E-state index contributed by atoms with van der Waals surface area (Å²) in [6, 6.07) is -3.49. The summed E-state index contributed by atoms with van der Waals surface area (Å²) in [6.45, 7) is 0. The molecule has 0 bridgehead atoms. The average Bonchev–Trinajstić information content (AvgIpc) is 2.32. The molecule has 0 aromatic heterocycles. The van der Waals surface area contributed by atoms with E-state index in [9.17, 15) is 19.2 Å². The van der Waals surface area contributed by atoms with Crippen molar-refractivity contribution in [2.45, 2.75) is 24.9 Å². The van der Waals surface area contributed by atoms with Crippen molar-refractivity contribution in [3.8, 4) is 0 Å². The van der Waals surface area contributed by atoms with E-state index in [1.54, 1.807) is 6.26 Å². The van der Waals surface area contributed by atoms with Crippen molar-refractivity contribution in [2.75, 3.05) is 12.0 Å². The molecule has 6 N–H and O–H groups in total. The predicted molar refractivity (Wildman–Crippen MR) is 71.3 cm³/mol. The molecule has 0 rings (SSSR count). The van der Waals surface area contributed by atoms with Gasteiger partial charge in [-0.15, -0.1) is 0 Å². The molecule has 0 heterocycles. The molecule has 3 amide bonds. The van der Waals surface area contributed by atoms with Crippen LogP contribution in [0, 0.1) is 0 Å². The Bertz CT molecular complexity index is 389. The van der Waals surface area contributed by atoms with E-state index in [0.29, 0.717) is 5.75 Å². The average molecular weight is 307 g/mol. The second-order valence-electron chi connectivity index (χ2n) is 3.84. The van der Waals surface area contributed by atoms with Crippen molar-refractivity contribution in [1.82, 2.24) is 10.6 Å². The fourth-order valence-corrected chi connectivity index (χ4v) is 1.79. The van der Waals surface area contributed by atoms with Crippen LogP contribution in [0.3, 0.4) is 0 Å². The molecular formula is C10H17N3O6S. The molecule has 20 heavy (non-hydrogen) atoms. The molecule has 0 fully saturated rings. The Morgan fingerprint density at radius 2 is 1.75 bits per heavy atom.